The Balaban J connectivity index is 0.00000169. The minimum Gasteiger partial charge on any atom is -0.368 e. The van der Waals surface area contributed by atoms with Gasteiger partial charge in [0.25, 0.3) is 0 Å². The van der Waals surface area contributed by atoms with Crippen LogP contribution in [0.1, 0.15) is 12.8 Å². The van der Waals surface area contributed by atoms with Crippen LogP contribution in [-0.2, 0) is 4.79 Å². The fraction of sp³-hybridized carbons (Fsp3) is 0.571. The summed E-state index contributed by atoms with van der Waals surface area (Å²) in [7, 11) is 0. The zero-order valence-electron chi connectivity index (χ0n) is 7.60. The number of primary amides is 2. The first-order chi connectivity index (χ1) is 6.09. The standard InChI is InChI=1S/C7H12N4O2.ClH/c8-5(12)4-11-3-1-2-6(11)10-7(9)13;/h1-4H2,(H2,8,12)(H2,9,13);1H. The maximum Gasteiger partial charge on any atom is 0.339 e. The molecular formula is C7H13ClN4O2. The predicted octanol–water partition coefficient (Wildman–Crippen LogP) is -0.534. The third kappa shape index (κ3) is 3.61. The van der Waals surface area contributed by atoms with Crippen molar-refractivity contribution in [2.75, 3.05) is 13.1 Å². The minimum atomic E-state index is -0.730. The van der Waals surface area contributed by atoms with Crippen molar-refractivity contribution in [3.05, 3.63) is 0 Å². The minimum absolute atomic E-state index is 0. The Morgan fingerprint density at radius 1 is 1.43 bits per heavy atom. The molecule has 0 aromatic rings. The van der Waals surface area contributed by atoms with E-state index < -0.39 is 11.9 Å². The molecule has 7 heteroatoms. The van der Waals surface area contributed by atoms with Gasteiger partial charge in [0.2, 0.25) is 5.91 Å². The maximum atomic E-state index is 10.6. The summed E-state index contributed by atoms with van der Waals surface area (Å²) in [6.45, 7) is 0.807. The fourth-order valence-corrected chi connectivity index (χ4v) is 1.33. The monoisotopic (exact) mass is 220 g/mol. The quantitative estimate of drug-likeness (QED) is 0.654. The van der Waals surface area contributed by atoms with E-state index in [4.69, 9.17) is 11.5 Å². The number of likely N-dealkylation sites (tertiary alicyclic amines) is 1. The molecule has 80 valence electrons. The molecule has 0 aliphatic carbocycles. The van der Waals surface area contributed by atoms with Crippen LogP contribution in [0.2, 0.25) is 0 Å². The Morgan fingerprint density at radius 3 is 2.57 bits per heavy atom. The van der Waals surface area contributed by atoms with E-state index in [1.165, 1.54) is 0 Å². The summed E-state index contributed by atoms with van der Waals surface area (Å²) in [6, 6.07) is -0.730. The molecule has 1 aliphatic rings. The molecule has 1 heterocycles. The second-order valence-electron chi connectivity index (χ2n) is 2.86. The zero-order valence-corrected chi connectivity index (χ0v) is 8.42. The summed E-state index contributed by atoms with van der Waals surface area (Å²) in [6.07, 6.45) is 1.55. The van der Waals surface area contributed by atoms with Crippen LogP contribution >= 0.6 is 12.4 Å². The van der Waals surface area contributed by atoms with Crippen LogP contribution in [0.4, 0.5) is 4.79 Å². The molecule has 1 rings (SSSR count). The Hall–Kier alpha value is -1.30. The first-order valence-corrected chi connectivity index (χ1v) is 4.00. The topological polar surface area (TPSA) is 102 Å². The van der Waals surface area contributed by atoms with Gasteiger partial charge in [0, 0.05) is 13.0 Å². The summed E-state index contributed by atoms with van der Waals surface area (Å²) >= 11 is 0. The number of hydrogen-bond donors (Lipinski definition) is 2. The molecule has 6 nitrogen and oxygen atoms in total. The molecule has 0 spiro atoms. The summed E-state index contributed by atoms with van der Waals surface area (Å²) < 4.78 is 0. The molecule has 0 saturated carbocycles. The number of aliphatic imine (C=N–C) groups is 1. The second kappa shape index (κ2) is 5.43. The van der Waals surface area contributed by atoms with Gasteiger partial charge < -0.3 is 16.4 Å². The molecule has 0 unspecified atom stereocenters. The van der Waals surface area contributed by atoms with Gasteiger partial charge >= 0.3 is 6.03 Å². The molecule has 1 aliphatic heterocycles. The molecule has 0 radical (unpaired) electrons. The second-order valence-corrected chi connectivity index (χ2v) is 2.86. The van der Waals surface area contributed by atoms with Crippen molar-refractivity contribution in [2.24, 2.45) is 16.5 Å². The van der Waals surface area contributed by atoms with Crippen LogP contribution in [0.3, 0.4) is 0 Å². The third-order valence-corrected chi connectivity index (χ3v) is 1.78. The highest BCUT2D eigenvalue weighted by atomic mass is 35.5. The van der Waals surface area contributed by atoms with E-state index in [1.54, 1.807) is 4.90 Å². The SMILES string of the molecule is Cl.NC(=O)CN1CCCC1=NC(N)=O. The normalized spacial score (nSPS) is 18.0. The zero-order chi connectivity index (χ0) is 9.84. The van der Waals surface area contributed by atoms with Crippen molar-refractivity contribution in [3.63, 3.8) is 0 Å². The first-order valence-electron chi connectivity index (χ1n) is 4.00. The van der Waals surface area contributed by atoms with Crippen LogP contribution < -0.4 is 11.5 Å². The van der Waals surface area contributed by atoms with Crippen LogP contribution in [0.15, 0.2) is 4.99 Å². The van der Waals surface area contributed by atoms with E-state index in [-0.39, 0.29) is 19.0 Å². The lowest BCUT2D eigenvalue weighted by molar-refractivity contribution is -0.118. The molecule has 0 aromatic heterocycles. The van der Waals surface area contributed by atoms with E-state index in [9.17, 15) is 9.59 Å². The molecule has 1 saturated heterocycles. The predicted molar refractivity (Wildman–Crippen MR) is 54.3 cm³/mol. The van der Waals surface area contributed by atoms with Crippen LogP contribution in [0.25, 0.3) is 0 Å². The molecule has 0 atom stereocenters. The lowest BCUT2D eigenvalue weighted by Crippen LogP contribution is -2.35. The fourth-order valence-electron chi connectivity index (χ4n) is 1.33. The van der Waals surface area contributed by atoms with Crippen LogP contribution in [0.5, 0.6) is 0 Å². The van der Waals surface area contributed by atoms with Crippen molar-refractivity contribution in [1.29, 1.82) is 0 Å². The number of halogens is 1. The number of rotatable bonds is 2. The highest BCUT2D eigenvalue weighted by molar-refractivity contribution is 5.95. The smallest absolute Gasteiger partial charge is 0.339 e. The van der Waals surface area contributed by atoms with Gasteiger partial charge in [-0.3, -0.25) is 4.79 Å². The van der Waals surface area contributed by atoms with E-state index in [0.29, 0.717) is 18.8 Å². The largest absolute Gasteiger partial charge is 0.368 e. The van der Waals surface area contributed by atoms with Gasteiger partial charge in [-0.05, 0) is 6.42 Å². The molecule has 0 bridgehead atoms. The summed E-state index contributed by atoms with van der Waals surface area (Å²) in [5.74, 6) is 0.130. The third-order valence-electron chi connectivity index (χ3n) is 1.78. The molecule has 4 N–H and O–H groups in total. The van der Waals surface area contributed by atoms with E-state index in [0.717, 1.165) is 6.42 Å². The van der Waals surface area contributed by atoms with Crippen molar-refractivity contribution in [2.45, 2.75) is 12.8 Å². The molecular weight excluding hydrogens is 208 g/mol. The molecule has 1 fully saturated rings. The van der Waals surface area contributed by atoms with Gasteiger partial charge in [-0.2, -0.15) is 4.99 Å². The Morgan fingerprint density at radius 2 is 2.07 bits per heavy atom. The number of nitrogens with two attached hydrogens (primary N) is 2. The number of amides is 3. The van der Waals surface area contributed by atoms with E-state index >= 15 is 0 Å². The van der Waals surface area contributed by atoms with Gasteiger partial charge in [-0.25, -0.2) is 4.79 Å². The summed E-state index contributed by atoms with van der Waals surface area (Å²) in [5, 5.41) is 0. The Kier molecular flexibility index (Phi) is 4.93. The van der Waals surface area contributed by atoms with E-state index in [2.05, 4.69) is 4.99 Å². The lowest BCUT2D eigenvalue weighted by Gasteiger charge is -2.15. The van der Waals surface area contributed by atoms with Crippen molar-refractivity contribution < 1.29 is 9.59 Å². The summed E-state index contributed by atoms with van der Waals surface area (Å²) in [4.78, 5) is 26.3. The highest BCUT2D eigenvalue weighted by Gasteiger charge is 2.20. The average Bonchev–Trinajstić information content (AvgIpc) is 2.34. The van der Waals surface area contributed by atoms with Gasteiger partial charge in [0.1, 0.15) is 5.84 Å². The van der Waals surface area contributed by atoms with Gasteiger partial charge in [0.05, 0.1) is 6.54 Å². The number of carbonyl (C=O) groups excluding carboxylic acids is 2. The average molecular weight is 221 g/mol. The first kappa shape index (κ1) is 12.7. The van der Waals surface area contributed by atoms with Gasteiger partial charge in [0.15, 0.2) is 0 Å². The van der Waals surface area contributed by atoms with Crippen molar-refractivity contribution in [3.8, 4) is 0 Å². The Labute approximate surface area is 87.7 Å². The van der Waals surface area contributed by atoms with Gasteiger partial charge in [-0.1, -0.05) is 0 Å². The highest BCUT2D eigenvalue weighted by Crippen LogP contribution is 2.10. The van der Waals surface area contributed by atoms with Crippen LogP contribution in [-0.4, -0.2) is 35.8 Å². The summed E-state index contributed by atoms with van der Waals surface area (Å²) in [5.41, 5.74) is 9.91. The maximum absolute atomic E-state index is 10.6. The lowest BCUT2D eigenvalue weighted by atomic mass is 10.4. The molecule has 14 heavy (non-hydrogen) atoms. The van der Waals surface area contributed by atoms with Gasteiger partial charge in [-0.15, -0.1) is 12.4 Å². The number of nitrogens with zero attached hydrogens (tertiary/aromatic N) is 2. The van der Waals surface area contributed by atoms with Crippen LogP contribution in [0, 0.1) is 0 Å². The van der Waals surface area contributed by atoms with E-state index in [1.807, 2.05) is 0 Å². The number of amidine groups is 1. The Bertz CT molecular complexity index is 266. The van der Waals surface area contributed by atoms with Crippen molar-refractivity contribution >= 4 is 30.2 Å². The molecule has 3 amide bonds. The number of hydrogen-bond acceptors (Lipinski definition) is 2. The number of urea groups is 1. The number of carbonyl (C=O) groups is 2. The molecule has 0 aromatic carbocycles. The van der Waals surface area contributed by atoms with Crippen molar-refractivity contribution in [1.82, 2.24) is 4.90 Å².